The van der Waals surface area contributed by atoms with Crippen molar-refractivity contribution >= 4 is 50.7 Å². The number of phenolic OH excluding ortho intramolecular Hbond substituents is 1. The molecule has 0 saturated carbocycles. The first-order chi connectivity index (χ1) is 12.5. The van der Waals surface area contributed by atoms with Gasteiger partial charge in [0.1, 0.15) is 5.75 Å². The molecular weight excluding hydrogens is 408 g/mol. The summed E-state index contributed by atoms with van der Waals surface area (Å²) in [5, 5.41) is 12.9. The average Bonchev–Trinajstić information content (AvgIpc) is 2.54. The van der Waals surface area contributed by atoms with E-state index in [1.54, 1.807) is 18.2 Å². The Balaban J connectivity index is 2.19. The minimum atomic E-state index is -3.92. The number of hydrogen-bond donors (Lipinski definition) is 3. The van der Waals surface area contributed by atoms with Crippen molar-refractivity contribution in [2.45, 2.75) is 30.4 Å². The van der Waals surface area contributed by atoms with Gasteiger partial charge < -0.3 is 10.4 Å². The van der Waals surface area contributed by atoms with Crippen LogP contribution >= 0.6 is 23.4 Å². The highest BCUT2D eigenvalue weighted by Crippen LogP contribution is 2.29. The standard InChI is InChI=1S/C18H21ClN2O4S2/c1-18(2,3)26-11-17(23)20-15-10-14(7-8-16(15)22)27(24,25)21-13-6-4-5-12(19)9-13/h4-10,21-22H,11H2,1-3H3,(H,20,23). The first-order valence-electron chi connectivity index (χ1n) is 8.01. The average molecular weight is 429 g/mol. The highest BCUT2D eigenvalue weighted by atomic mass is 35.5. The number of benzene rings is 2. The second-order valence-electron chi connectivity index (χ2n) is 6.74. The van der Waals surface area contributed by atoms with E-state index in [4.69, 9.17) is 11.6 Å². The van der Waals surface area contributed by atoms with Gasteiger partial charge >= 0.3 is 0 Å². The van der Waals surface area contributed by atoms with Crippen molar-refractivity contribution in [1.29, 1.82) is 0 Å². The number of carbonyl (C=O) groups excluding carboxylic acids is 1. The van der Waals surface area contributed by atoms with Crippen LogP contribution in [-0.2, 0) is 14.8 Å². The van der Waals surface area contributed by atoms with Gasteiger partial charge in [-0.1, -0.05) is 38.4 Å². The molecule has 2 aromatic rings. The molecule has 1 amide bonds. The van der Waals surface area contributed by atoms with E-state index in [0.29, 0.717) is 10.7 Å². The van der Waals surface area contributed by atoms with Crippen LogP contribution in [0.2, 0.25) is 5.02 Å². The van der Waals surface area contributed by atoms with Crippen LogP contribution in [0, 0.1) is 0 Å². The van der Waals surface area contributed by atoms with Crippen LogP contribution < -0.4 is 10.0 Å². The van der Waals surface area contributed by atoms with Crippen molar-refractivity contribution in [2.75, 3.05) is 15.8 Å². The minimum absolute atomic E-state index is 0.0310. The molecule has 0 unspecified atom stereocenters. The van der Waals surface area contributed by atoms with Crippen molar-refractivity contribution in [2.24, 2.45) is 0 Å². The molecule has 0 radical (unpaired) electrons. The summed E-state index contributed by atoms with van der Waals surface area (Å²) in [6.45, 7) is 5.95. The van der Waals surface area contributed by atoms with Gasteiger partial charge in [0, 0.05) is 9.77 Å². The molecule has 0 aliphatic heterocycles. The Morgan fingerprint density at radius 2 is 1.89 bits per heavy atom. The zero-order valence-corrected chi connectivity index (χ0v) is 17.5. The number of rotatable bonds is 6. The number of aromatic hydroxyl groups is 1. The summed E-state index contributed by atoms with van der Waals surface area (Å²) in [7, 11) is -3.92. The van der Waals surface area contributed by atoms with Crippen LogP contribution in [0.1, 0.15) is 20.8 Å². The number of carbonyl (C=O) groups is 1. The fraction of sp³-hybridized carbons (Fsp3) is 0.278. The van der Waals surface area contributed by atoms with Crippen LogP contribution in [0.15, 0.2) is 47.4 Å². The van der Waals surface area contributed by atoms with Crippen molar-refractivity contribution in [3.63, 3.8) is 0 Å². The van der Waals surface area contributed by atoms with E-state index < -0.39 is 10.0 Å². The molecule has 0 spiro atoms. The number of amides is 1. The smallest absolute Gasteiger partial charge is 0.261 e. The van der Waals surface area contributed by atoms with Gasteiger partial charge in [0.25, 0.3) is 10.0 Å². The first kappa shape index (κ1) is 21.4. The molecule has 9 heteroatoms. The summed E-state index contributed by atoms with van der Waals surface area (Å²) >= 11 is 7.31. The second-order valence-corrected chi connectivity index (χ2v) is 10.7. The molecule has 3 N–H and O–H groups in total. The third kappa shape index (κ3) is 6.64. The Labute approximate surface area is 168 Å². The molecule has 146 valence electrons. The Kier molecular flexibility index (Phi) is 6.67. The Morgan fingerprint density at radius 1 is 1.19 bits per heavy atom. The van der Waals surface area contributed by atoms with E-state index in [0.717, 1.165) is 0 Å². The molecule has 0 saturated heterocycles. The van der Waals surface area contributed by atoms with Crippen LogP contribution in [-0.4, -0.2) is 29.9 Å². The summed E-state index contributed by atoms with van der Waals surface area (Å²) in [6, 6.07) is 9.98. The fourth-order valence-corrected chi connectivity index (χ4v) is 3.92. The zero-order valence-electron chi connectivity index (χ0n) is 15.1. The summed E-state index contributed by atoms with van der Waals surface area (Å²) < 4.78 is 27.5. The lowest BCUT2D eigenvalue weighted by molar-refractivity contribution is -0.113. The maximum absolute atomic E-state index is 12.6. The normalized spacial score (nSPS) is 11.9. The van der Waals surface area contributed by atoms with Crippen LogP contribution in [0.4, 0.5) is 11.4 Å². The van der Waals surface area contributed by atoms with Crippen LogP contribution in [0.3, 0.4) is 0 Å². The number of hydrogen-bond acceptors (Lipinski definition) is 5. The molecule has 0 aliphatic rings. The molecule has 0 aromatic heterocycles. The fourth-order valence-electron chi connectivity index (χ4n) is 2.02. The Morgan fingerprint density at radius 3 is 2.52 bits per heavy atom. The van der Waals surface area contributed by atoms with Crippen molar-refractivity contribution < 1.29 is 18.3 Å². The largest absolute Gasteiger partial charge is 0.506 e. The van der Waals surface area contributed by atoms with Gasteiger partial charge in [-0.2, -0.15) is 0 Å². The third-order valence-electron chi connectivity index (χ3n) is 3.27. The highest BCUT2D eigenvalue weighted by Gasteiger charge is 2.18. The van der Waals surface area contributed by atoms with E-state index in [1.165, 1.54) is 36.0 Å². The molecular formula is C18H21ClN2O4S2. The van der Waals surface area contributed by atoms with Gasteiger partial charge in [0.05, 0.1) is 22.0 Å². The third-order valence-corrected chi connectivity index (χ3v) is 6.15. The molecule has 27 heavy (non-hydrogen) atoms. The molecule has 0 heterocycles. The predicted molar refractivity (Wildman–Crippen MR) is 111 cm³/mol. The zero-order chi connectivity index (χ0) is 20.2. The number of thioether (sulfide) groups is 1. The molecule has 6 nitrogen and oxygen atoms in total. The summed E-state index contributed by atoms with van der Waals surface area (Å²) in [6.07, 6.45) is 0. The second kappa shape index (κ2) is 8.41. The molecule has 2 rings (SSSR count). The van der Waals surface area contributed by atoms with E-state index in [2.05, 4.69) is 10.0 Å². The summed E-state index contributed by atoms with van der Waals surface area (Å²) in [5.74, 6) is -0.367. The minimum Gasteiger partial charge on any atom is -0.506 e. The van der Waals surface area contributed by atoms with Gasteiger partial charge in [-0.05, 0) is 36.4 Å². The summed E-state index contributed by atoms with van der Waals surface area (Å²) in [4.78, 5) is 12.0. The number of nitrogens with one attached hydrogen (secondary N) is 2. The number of phenols is 1. The van der Waals surface area contributed by atoms with E-state index >= 15 is 0 Å². The number of sulfonamides is 1. The van der Waals surface area contributed by atoms with Crippen molar-refractivity contribution in [3.8, 4) is 5.75 Å². The molecule has 2 aromatic carbocycles. The van der Waals surface area contributed by atoms with E-state index in [-0.39, 0.29) is 32.7 Å². The SMILES string of the molecule is CC(C)(C)SCC(=O)Nc1cc(S(=O)(=O)Nc2cccc(Cl)c2)ccc1O. The number of anilines is 2. The number of halogens is 1. The van der Waals surface area contributed by atoms with Gasteiger partial charge in [0.15, 0.2) is 0 Å². The molecule has 0 bridgehead atoms. The van der Waals surface area contributed by atoms with E-state index in [9.17, 15) is 18.3 Å². The topological polar surface area (TPSA) is 95.5 Å². The molecule has 0 fully saturated rings. The quantitative estimate of drug-likeness (QED) is 0.595. The summed E-state index contributed by atoms with van der Waals surface area (Å²) in [5.41, 5.74) is 0.339. The van der Waals surface area contributed by atoms with E-state index in [1.807, 2.05) is 20.8 Å². The maximum atomic E-state index is 12.6. The Bertz CT molecular complexity index is 941. The van der Waals surface area contributed by atoms with Crippen LogP contribution in [0.25, 0.3) is 0 Å². The van der Waals surface area contributed by atoms with Crippen molar-refractivity contribution in [1.82, 2.24) is 0 Å². The maximum Gasteiger partial charge on any atom is 0.261 e. The monoisotopic (exact) mass is 428 g/mol. The first-order valence-corrected chi connectivity index (χ1v) is 10.9. The highest BCUT2D eigenvalue weighted by molar-refractivity contribution is 8.01. The van der Waals surface area contributed by atoms with Crippen molar-refractivity contribution in [3.05, 3.63) is 47.5 Å². The lowest BCUT2D eigenvalue weighted by Crippen LogP contribution is -2.19. The van der Waals surface area contributed by atoms with Gasteiger partial charge in [-0.25, -0.2) is 8.42 Å². The van der Waals surface area contributed by atoms with Gasteiger partial charge in [-0.15, -0.1) is 11.8 Å². The van der Waals surface area contributed by atoms with Crippen LogP contribution in [0.5, 0.6) is 5.75 Å². The van der Waals surface area contributed by atoms with Gasteiger partial charge in [-0.3, -0.25) is 9.52 Å². The molecule has 0 aliphatic carbocycles. The lowest BCUT2D eigenvalue weighted by atomic mass is 10.3. The van der Waals surface area contributed by atoms with Gasteiger partial charge in [0.2, 0.25) is 5.91 Å². The predicted octanol–water partition coefficient (Wildman–Crippen LogP) is 4.32. The lowest BCUT2D eigenvalue weighted by Gasteiger charge is -2.17. The Hall–Kier alpha value is -1.90. The molecule has 0 atom stereocenters.